The van der Waals surface area contributed by atoms with Gasteiger partial charge in [-0.25, -0.2) is 8.42 Å². The predicted molar refractivity (Wildman–Crippen MR) is 76.8 cm³/mol. The van der Waals surface area contributed by atoms with Crippen LogP contribution in [0.4, 0.5) is 0 Å². The van der Waals surface area contributed by atoms with Crippen molar-refractivity contribution in [1.29, 1.82) is 0 Å². The van der Waals surface area contributed by atoms with Crippen LogP contribution >= 0.6 is 0 Å². The van der Waals surface area contributed by atoms with Crippen LogP contribution in [0.25, 0.3) is 0 Å². The maximum absolute atomic E-state index is 11.4. The molecule has 1 aliphatic rings. The van der Waals surface area contributed by atoms with Crippen LogP contribution in [0, 0.1) is 0 Å². The van der Waals surface area contributed by atoms with Crippen molar-refractivity contribution >= 4 is 15.7 Å². The third-order valence-corrected chi connectivity index (χ3v) is 4.59. The molecule has 0 atom stereocenters. The Morgan fingerprint density at radius 2 is 1.95 bits per heavy atom. The maximum Gasteiger partial charge on any atom is 0.235 e. The molecule has 0 radical (unpaired) electrons. The lowest BCUT2D eigenvalue weighted by Crippen LogP contribution is -2.32. The Balaban J connectivity index is 2.05. The summed E-state index contributed by atoms with van der Waals surface area (Å²) in [6, 6.07) is 0. The predicted octanol–water partition coefficient (Wildman–Crippen LogP) is 0.579. The van der Waals surface area contributed by atoms with Crippen molar-refractivity contribution in [2.24, 2.45) is 0 Å². The molecule has 0 spiro atoms. The molecule has 19 heavy (non-hydrogen) atoms. The second-order valence-electron chi connectivity index (χ2n) is 4.95. The monoisotopic (exact) mass is 288 g/mol. The average molecular weight is 288 g/mol. The minimum Gasteiger partial charge on any atom is -0.355 e. The minimum absolute atomic E-state index is 0.143. The summed E-state index contributed by atoms with van der Waals surface area (Å²) < 4.78 is 22.7. The van der Waals surface area contributed by atoms with Gasteiger partial charge in [-0.2, -0.15) is 0 Å². The molecular weight excluding hydrogens is 264 g/mol. The van der Waals surface area contributed by atoms with E-state index in [4.69, 9.17) is 0 Å². The number of amides is 1. The highest BCUT2D eigenvalue weighted by molar-refractivity contribution is 7.92. The molecule has 110 valence electrons. The van der Waals surface area contributed by atoms with E-state index < -0.39 is 21.5 Å². The van der Waals surface area contributed by atoms with E-state index >= 15 is 0 Å². The first kappa shape index (κ1) is 16.2. The zero-order chi connectivity index (χ0) is 14.1. The molecule has 1 aliphatic heterocycles. The molecule has 0 aliphatic carbocycles. The zero-order valence-corrected chi connectivity index (χ0v) is 12.3. The summed E-state index contributed by atoms with van der Waals surface area (Å²) in [5.41, 5.74) is 0. The highest BCUT2D eigenvalue weighted by Crippen LogP contribution is 2.07. The lowest BCUT2D eigenvalue weighted by molar-refractivity contribution is -0.118. The molecular formula is C13H24N2O3S. The normalized spacial score (nSPS) is 16.4. The molecule has 1 amide bonds. The molecule has 0 bridgehead atoms. The third-order valence-electron chi connectivity index (χ3n) is 3.14. The third kappa shape index (κ3) is 7.32. The highest BCUT2D eigenvalue weighted by atomic mass is 32.2. The standard InChI is InChI=1S/C13H24N2O3S/c1-2-11-19(17,18)12-13(16)14-7-3-4-8-15-9-5-6-10-15/h2H,1,3-12H2,(H,14,16). The Bertz CT molecular complexity index is 387. The van der Waals surface area contributed by atoms with E-state index in [1.807, 2.05) is 0 Å². The van der Waals surface area contributed by atoms with E-state index in [2.05, 4.69) is 16.8 Å². The molecule has 1 saturated heterocycles. The smallest absolute Gasteiger partial charge is 0.235 e. The zero-order valence-electron chi connectivity index (χ0n) is 11.4. The van der Waals surface area contributed by atoms with Gasteiger partial charge >= 0.3 is 0 Å². The fourth-order valence-corrected chi connectivity index (χ4v) is 3.16. The quantitative estimate of drug-likeness (QED) is 0.498. The van der Waals surface area contributed by atoms with Crippen LogP contribution in [0.3, 0.4) is 0 Å². The number of likely N-dealkylation sites (tertiary alicyclic amines) is 1. The van der Waals surface area contributed by atoms with Crippen molar-refractivity contribution in [3.63, 3.8) is 0 Å². The average Bonchev–Trinajstić information content (AvgIpc) is 2.80. The van der Waals surface area contributed by atoms with Gasteiger partial charge in [0.2, 0.25) is 5.91 Å². The van der Waals surface area contributed by atoms with E-state index in [-0.39, 0.29) is 5.75 Å². The summed E-state index contributed by atoms with van der Waals surface area (Å²) in [6.45, 7) is 7.36. The molecule has 0 aromatic carbocycles. The SMILES string of the molecule is C=CCS(=O)(=O)CC(=O)NCCCCN1CCCC1. The molecule has 0 aromatic heterocycles. The molecule has 1 rings (SSSR count). The summed E-state index contributed by atoms with van der Waals surface area (Å²) in [6.07, 6.45) is 5.82. The number of rotatable bonds is 9. The van der Waals surface area contributed by atoms with Gasteiger partial charge in [-0.3, -0.25) is 4.79 Å². The van der Waals surface area contributed by atoms with E-state index in [1.165, 1.54) is 32.0 Å². The second kappa shape index (κ2) is 8.32. The summed E-state index contributed by atoms with van der Waals surface area (Å²) in [5.74, 6) is -0.997. The Hall–Kier alpha value is -0.880. The van der Waals surface area contributed by atoms with Crippen LogP contribution in [-0.4, -0.2) is 56.9 Å². The molecule has 1 fully saturated rings. The van der Waals surface area contributed by atoms with E-state index in [9.17, 15) is 13.2 Å². The number of hydrogen-bond acceptors (Lipinski definition) is 4. The van der Waals surface area contributed by atoms with Crippen molar-refractivity contribution in [3.05, 3.63) is 12.7 Å². The van der Waals surface area contributed by atoms with Crippen molar-refractivity contribution < 1.29 is 13.2 Å². The van der Waals surface area contributed by atoms with Crippen molar-refractivity contribution in [2.75, 3.05) is 37.7 Å². The Labute approximate surface area is 116 Å². The number of unbranched alkanes of at least 4 members (excludes halogenated alkanes) is 1. The van der Waals surface area contributed by atoms with Crippen LogP contribution in [0.2, 0.25) is 0 Å². The van der Waals surface area contributed by atoms with E-state index in [1.54, 1.807) is 0 Å². The van der Waals surface area contributed by atoms with Crippen molar-refractivity contribution in [1.82, 2.24) is 10.2 Å². The molecule has 0 aromatic rings. The number of nitrogens with one attached hydrogen (secondary N) is 1. The first-order chi connectivity index (χ1) is 9.03. The fraction of sp³-hybridized carbons (Fsp3) is 0.769. The molecule has 0 saturated carbocycles. The molecule has 0 unspecified atom stereocenters. The molecule has 5 nitrogen and oxygen atoms in total. The maximum atomic E-state index is 11.4. The van der Waals surface area contributed by atoms with E-state index in [0.717, 1.165) is 19.4 Å². The van der Waals surface area contributed by atoms with Gasteiger partial charge in [0.1, 0.15) is 5.75 Å². The summed E-state index contributed by atoms with van der Waals surface area (Å²) in [7, 11) is -3.32. The van der Waals surface area contributed by atoms with Gasteiger partial charge in [-0.15, -0.1) is 6.58 Å². The summed E-state index contributed by atoms with van der Waals surface area (Å²) >= 11 is 0. The minimum atomic E-state index is -3.32. The largest absolute Gasteiger partial charge is 0.355 e. The second-order valence-corrected chi connectivity index (χ2v) is 7.06. The highest BCUT2D eigenvalue weighted by Gasteiger charge is 2.14. The molecule has 1 heterocycles. The number of carbonyl (C=O) groups excluding carboxylic acids is 1. The fourth-order valence-electron chi connectivity index (χ4n) is 2.18. The number of carbonyl (C=O) groups is 1. The van der Waals surface area contributed by atoms with E-state index in [0.29, 0.717) is 6.54 Å². The molecule has 6 heteroatoms. The van der Waals surface area contributed by atoms with Gasteiger partial charge in [0.25, 0.3) is 0 Å². The number of nitrogens with zero attached hydrogens (tertiary/aromatic N) is 1. The topological polar surface area (TPSA) is 66.5 Å². The first-order valence-corrected chi connectivity index (χ1v) is 8.66. The van der Waals surface area contributed by atoms with Crippen LogP contribution in [0.5, 0.6) is 0 Å². The summed E-state index contributed by atoms with van der Waals surface area (Å²) in [5, 5.41) is 2.65. The van der Waals surface area contributed by atoms with Crippen LogP contribution in [-0.2, 0) is 14.6 Å². The lowest BCUT2D eigenvalue weighted by atomic mass is 10.3. The first-order valence-electron chi connectivity index (χ1n) is 6.84. The number of sulfone groups is 1. The van der Waals surface area contributed by atoms with Crippen LogP contribution in [0.1, 0.15) is 25.7 Å². The van der Waals surface area contributed by atoms with Crippen molar-refractivity contribution in [3.8, 4) is 0 Å². The number of hydrogen-bond donors (Lipinski definition) is 1. The van der Waals surface area contributed by atoms with Crippen LogP contribution < -0.4 is 5.32 Å². The lowest BCUT2D eigenvalue weighted by Gasteiger charge is -2.13. The van der Waals surface area contributed by atoms with Gasteiger partial charge in [-0.05, 0) is 45.3 Å². The molecule has 1 N–H and O–H groups in total. The van der Waals surface area contributed by atoms with Crippen molar-refractivity contribution in [2.45, 2.75) is 25.7 Å². The van der Waals surface area contributed by atoms with Crippen LogP contribution in [0.15, 0.2) is 12.7 Å². The van der Waals surface area contributed by atoms with Gasteiger partial charge in [0.15, 0.2) is 9.84 Å². The Morgan fingerprint density at radius 1 is 1.26 bits per heavy atom. The van der Waals surface area contributed by atoms with Gasteiger partial charge in [-0.1, -0.05) is 6.08 Å². The van der Waals surface area contributed by atoms with Gasteiger partial charge in [0.05, 0.1) is 5.75 Å². The summed E-state index contributed by atoms with van der Waals surface area (Å²) in [4.78, 5) is 13.8. The van der Waals surface area contributed by atoms with Gasteiger partial charge < -0.3 is 10.2 Å². The van der Waals surface area contributed by atoms with Gasteiger partial charge in [0, 0.05) is 6.54 Å². The Kier molecular flexibility index (Phi) is 7.09. The Morgan fingerprint density at radius 3 is 2.58 bits per heavy atom.